The van der Waals surface area contributed by atoms with Gasteiger partial charge in [-0.05, 0) is 56.9 Å². The Kier molecular flexibility index (Phi) is 11.0. The fourth-order valence-corrected chi connectivity index (χ4v) is 4.10. The molecule has 1 aromatic carbocycles. The van der Waals surface area contributed by atoms with Gasteiger partial charge in [0.05, 0.1) is 11.7 Å². The number of rotatable bonds is 12. The molecule has 0 bridgehead atoms. The molecule has 1 aromatic heterocycles. The first-order valence-electron chi connectivity index (χ1n) is 12.0. The largest absolute Gasteiger partial charge is 0.480 e. The summed E-state index contributed by atoms with van der Waals surface area (Å²) in [6.07, 6.45) is 2.43. The number of nitrogens with one attached hydrogen (secondary N) is 1. The summed E-state index contributed by atoms with van der Waals surface area (Å²) in [6, 6.07) is 3.13. The fourth-order valence-electron chi connectivity index (χ4n) is 3.53. The lowest BCUT2D eigenvalue weighted by atomic mass is 9.97. The molecule has 0 amide bonds. The average Bonchev–Trinajstić information content (AvgIpc) is 3.17. The van der Waals surface area contributed by atoms with Crippen molar-refractivity contribution in [2.24, 2.45) is 11.3 Å². The van der Waals surface area contributed by atoms with Crippen molar-refractivity contribution in [3.05, 3.63) is 52.0 Å². The Morgan fingerprint density at radius 2 is 1.68 bits per heavy atom. The number of imidazole rings is 1. The lowest BCUT2D eigenvalue weighted by molar-refractivity contribution is -0.192. The van der Waals surface area contributed by atoms with Crippen molar-refractivity contribution in [3.8, 4) is 0 Å². The maximum Gasteiger partial charge on any atom is 0.326 e. The third-order valence-corrected chi connectivity index (χ3v) is 5.78. The molecule has 9 nitrogen and oxygen atoms in total. The van der Waals surface area contributed by atoms with Crippen LogP contribution in [0.2, 0.25) is 10.0 Å². The molecule has 37 heavy (non-hydrogen) atoms. The van der Waals surface area contributed by atoms with Crippen molar-refractivity contribution in [2.45, 2.75) is 79.3 Å². The number of carbonyl (C=O) groups is 3. The number of ether oxygens (including phenoxy) is 2. The third kappa shape index (κ3) is 9.98. The molecule has 0 saturated carbocycles. The minimum Gasteiger partial charge on any atom is -0.480 e. The van der Waals surface area contributed by atoms with Gasteiger partial charge < -0.3 is 19.1 Å². The van der Waals surface area contributed by atoms with Crippen LogP contribution in [0.15, 0.2) is 30.7 Å². The maximum atomic E-state index is 12.9. The van der Waals surface area contributed by atoms with Crippen molar-refractivity contribution < 1.29 is 29.0 Å². The van der Waals surface area contributed by atoms with E-state index in [1.807, 2.05) is 13.8 Å². The Morgan fingerprint density at radius 1 is 1.05 bits per heavy atom. The van der Waals surface area contributed by atoms with Gasteiger partial charge in [0, 0.05) is 41.8 Å². The highest BCUT2D eigenvalue weighted by Crippen LogP contribution is 2.21. The zero-order valence-corrected chi connectivity index (χ0v) is 23.5. The van der Waals surface area contributed by atoms with Crippen molar-refractivity contribution in [1.29, 1.82) is 0 Å². The highest BCUT2D eigenvalue weighted by Gasteiger charge is 2.31. The number of aromatic nitrogens is 2. The van der Waals surface area contributed by atoms with E-state index < -0.39 is 41.7 Å². The van der Waals surface area contributed by atoms with Crippen LogP contribution in [0, 0.1) is 11.3 Å². The molecule has 0 saturated heterocycles. The third-order valence-electron chi connectivity index (χ3n) is 5.35. The van der Waals surface area contributed by atoms with E-state index >= 15 is 0 Å². The number of carbonyl (C=O) groups excluding carboxylic acids is 2. The van der Waals surface area contributed by atoms with Crippen LogP contribution in [-0.2, 0) is 36.8 Å². The maximum absolute atomic E-state index is 12.9. The predicted molar refractivity (Wildman–Crippen MR) is 140 cm³/mol. The topological polar surface area (TPSA) is 120 Å². The van der Waals surface area contributed by atoms with Gasteiger partial charge in [-0.3, -0.25) is 19.7 Å². The van der Waals surface area contributed by atoms with Gasteiger partial charge in [-0.15, -0.1) is 0 Å². The van der Waals surface area contributed by atoms with Crippen molar-refractivity contribution in [2.75, 3.05) is 0 Å². The van der Waals surface area contributed by atoms with E-state index in [1.54, 1.807) is 56.1 Å². The fraction of sp³-hybridized carbons (Fsp3) is 0.538. The molecule has 2 aromatic rings. The van der Waals surface area contributed by atoms with Crippen molar-refractivity contribution in [1.82, 2.24) is 14.9 Å². The van der Waals surface area contributed by atoms with Gasteiger partial charge in [0.1, 0.15) is 12.1 Å². The summed E-state index contributed by atoms with van der Waals surface area (Å²) in [5.74, 6) is -2.28. The van der Waals surface area contributed by atoms with E-state index in [0.29, 0.717) is 28.7 Å². The first kappa shape index (κ1) is 30.6. The standard InChI is InChI=1S/C26H35Cl2N3O6/c1-15(2)7-22(24(34)36-16(3)37-25(35)26(4,5)6)30-21(23(32)33)11-20-12-29-14-31(20)13-17-8-18(27)10-19(28)9-17/h8-10,12,14-16,21-22,30H,7,11,13H2,1-6H3,(H,32,33)/t16?,21-,22-/m0/s1. The van der Waals surface area contributed by atoms with E-state index in [-0.39, 0.29) is 12.3 Å². The number of nitrogens with zero attached hydrogens (tertiary/aromatic N) is 2. The summed E-state index contributed by atoms with van der Waals surface area (Å²) in [5, 5.41) is 13.8. The second-order valence-electron chi connectivity index (χ2n) is 10.4. The molecule has 0 aliphatic carbocycles. The number of carboxylic acid groups (broad SMARTS) is 1. The van der Waals surface area contributed by atoms with Crippen LogP contribution in [0.4, 0.5) is 0 Å². The highest BCUT2D eigenvalue weighted by atomic mass is 35.5. The smallest absolute Gasteiger partial charge is 0.326 e. The van der Waals surface area contributed by atoms with Gasteiger partial charge >= 0.3 is 17.9 Å². The summed E-state index contributed by atoms with van der Waals surface area (Å²) < 4.78 is 12.3. The first-order chi connectivity index (χ1) is 17.1. The van der Waals surface area contributed by atoms with Crippen LogP contribution in [0.5, 0.6) is 0 Å². The van der Waals surface area contributed by atoms with Crippen LogP contribution < -0.4 is 5.32 Å². The first-order valence-corrected chi connectivity index (χ1v) is 12.8. The zero-order chi connectivity index (χ0) is 27.9. The minimum atomic E-state index is -1.13. The second kappa shape index (κ2) is 13.3. The molecule has 1 heterocycles. The summed E-state index contributed by atoms with van der Waals surface area (Å²) in [4.78, 5) is 41.4. The van der Waals surface area contributed by atoms with Gasteiger partial charge in [0.25, 0.3) is 0 Å². The SMILES string of the molecule is CC(C)C[C@H](N[C@@H](Cc1cncn1Cc1cc(Cl)cc(Cl)c1)C(=O)O)C(=O)OC(C)OC(=O)C(C)(C)C. The Balaban J connectivity index is 2.15. The van der Waals surface area contributed by atoms with E-state index in [4.69, 9.17) is 32.7 Å². The Labute approximate surface area is 227 Å². The number of carboxylic acids is 1. The molecule has 2 N–H and O–H groups in total. The molecular weight excluding hydrogens is 521 g/mol. The lowest BCUT2D eigenvalue weighted by Crippen LogP contribution is -2.50. The Morgan fingerprint density at radius 3 is 2.22 bits per heavy atom. The Bertz CT molecular complexity index is 1080. The number of hydrogen-bond acceptors (Lipinski definition) is 7. The van der Waals surface area contributed by atoms with Crippen molar-refractivity contribution >= 4 is 41.1 Å². The van der Waals surface area contributed by atoms with Crippen LogP contribution in [0.25, 0.3) is 0 Å². The van der Waals surface area contributed by atoms with Crippen LogP contribution in [0.1, 0.15) is 59.2 Å². The number of benzene rings is 1. The molecule has 204 valence electrons. The Hall–Kier alpha value is -2.62. The predicted octanol–water partition coefficient (Wildman–Crippen LogP) is 4.72. The lowest BCUT2D eigenvalue weighted by Gasteiger charge is -2.26. The summed E-state index contributed by atoms with van der Waals surface area (Å²) in [6.45, 7) is 10.7. The number of esters is 2. The van der Waals surface area contributed by atoms with Gasteiger partial charge in [0.15, 0.2) is 0 Å². The molecule has 3 atom stereocenters. The number of halogens is 2. The molecule has 11 heteroatoms. The average molecular weight is 556 g/mol. The number of aliphatic carboxylic acids is 1. The van der Waals surface area contributed by atoms with E-state index in [2.05, 4.69) is 10.3 Å². The molecule has 0 fully saturated rings. The highest BCUT2D eigenvalue weighted by molar-refractivity contribution is 6.34. The van der Waals surface area contributed by atoms with E-state index in [1.165, 1.54) is 6.92 Å². The van der Waals surface area contributed by atoms with Gasteiger partial charge in [-0.2, -0.15) is 0 Å². The molecule has 1 unspecified atom stereocenters. The minimum absolute atomic E-state index is 0.0556. The van der Waals surface area contributed by atoms with Gasteiger partial charge in [-0.1, -0.05) is 37.0 Å². The summed E-state index contributed by atoms with van der Waals surface area (Å²) >= 11 is 12.2. The second-order valence-corrected chi connectivity index (χ2v) is 11.3. The van der Waals surface area contributed by atoms with Crippen molar-refractivity contribution in [3.63, 3.8) is 0 Å². The summed E-state index contributed by atoms with van der Waals surface area (Å²) in [5.41, 5.74) is 0.709. The molecule has 0 aliphatic heterocycles. The van der Waals surface area contributed by atoms with E-state index in [9.17, 15) is 19.5 Å². The molecular formula is C26H35Cl2N3O6. The van der Waals surface area contributed by atoms with Gasteiger partial charge in [0.2, 0.25) is 6.29 Å². The van der Waals surface area contributed by atoms with Crippen LogP contribution >= 0.6 is 23.2 Å². The monoisotopic (exact) mass is 555 g/mol. The van der Waals surface area contributed by atoms with Crippen LogP contribution in [-0.4, -0.2) is 50.9 Å². The van der Waals surface area contributed by atoms with Crippen LogP contribution in [0.3, 0.4) is 0 Å². The molecule has 2 rings (SSSR count). The normalized spacial score (nSPS) is 14.2. The summed E-state index contributed by atoms with van der Waals surface area (Å²) in [7, 11) is 0. The molecule has 0 radical (unpaired) electrons. The molecule has 0 aliphatic rings. The quantitative estimate of drug-likeness (QED) is 0.285. The zero-order valence-electron chi connectivity index (χ0n) is 22.0. The number of hydrogen-bond donors (Lipinski definition) is 2. The molecule has 0 spiro atoms. The van der Waals surface area contributed by atoms with Gasteiger partial charge in [-0.25, -0.2) is 4.98 Å². The van der Waals surface area contributed by atoms with E-state index in [0.717, 1.165) is 5.56 Å².